The van der Waals surface area contributed by atoms with Crippen LogP contribution >= 0.6 is 0 Å². The number of aromatic nitrogens is 2. The van der Waals surface area contributed by atoms with Gasteiger partial charge in [0.15, 0.2) is 5.82 Å². The number of anilines is 2. The summed E-state index contributed by atoms with van der Waals surface area (Å²) >= 11 is 0. The molecule has 1 aromatic heterocycles. The number of aromatic amines is 1. The molecule has 7 nitrogen and oxygen atoms in total. The largest absolute Gasteiger partial charge is 0.391 e. The van der Waals surface area contributed by atoms with Crippen molar-refractivity contribution in [2.45, 2.75) is 44.2 Å². The molecule has 1 aliphatic rings. The highest BCUT2D eigenvalue weighted by Gasteiger charge is 2.18. The Hall–Kier alpha value is -1.60. The van der Waals surface area contributed by atoms with E-state index in [1.54, 1.807) is 0 Å². The summed E-state index contributed by atoms with van der Waals surface area (Å²) in [6.07, 6.45) is 6.73. The fourth-order valence-corrected chi connectivity index (χ4v) is 2.34. The summed E-state index contributed by atoms with van der Waals surface area (Å²) in [5, 5.41) is 3.04. The van der Waals surface area contributed by atoms with Gasteiger partial charge in [-0.15, -0.1) is 0 Å². The Labute approximate surface area is 118 Å². The number of nitrogens with zero attached hydrogens (tertiary/aromatic N) is 1. The van der Waals surface area contributed by atoms with E-state index in [4.69, 9.17) is 16.2 Å². The minimum Gasteiger partial charge on any atom is -0.391 e. The molecule has 6 N–H and O–H groups in total. The lowest BCUT2D eigenvalue weighted by molar-refractivity contribution is 0.0251. The lowest BCUT2D eigenvalue weighted by Crippen LogP contribution is -2.30. The number of H-pyrrole nitrogens is 1. The minimum absolute atomic E-state index is 0.120. The number of nitrogen functional groups attached to an aromatic ring is 1. The van der Waals surface area contributed by atoms with Gasteiger partial charge < -0.3 is 26.5 Å². The molecule has 0 spiro atoms. The van der Waals surface area contributed by atoms with Crippen LogP contribution in [0.1, 0.15) is 32.1 Å². The van der Waals surface area contributed by atoms with Crippen LogP contribution in [0, 0.1) is 0 Å². The molecule has 1 aromatic rings. The van der Waals surface area contributed by atoms with Gasteiger partial charge in [-0.05, 0) is 32.1 Å². The number of nitrogens with two attached hydrogens (primary N) is 2. The van der Waals surface area contributed by atoms with E-state index in [0.29, 0.717) is 31.1 Å². The van der Waals surface area contributed by atoms with Crippen LogP contribution < -0.4 is 22.3 Å². The molecule has 1 saturated carbocycles. The van der Waals surface area contributed by atoms with Gasteiger partial charge in [0.25, 0.3) is 5.56 Å². The third kappa shape index (κ3) is 4.21. The van der Waals surface area contributed by atoms with Crippen molar-refractivity contribution in [1.82, 2.24) is 9.97 Å². The molecule has 1 heterocycles. The van der Waals surface area contributed by atoms with E-state index in [0.717, 1.165) is 32.1 Å². The third-order valence-corrected chi connectivity index (χ3v) is 3.58. The fraction of sp³-hybridized carbons (Fsp3) is 0.692. The molecule has 2 rings (SSSR count). The van der Waals surface area contributed by atoms with Gasteiger partial charge in [-0.2, -0.15) is 0 Å². The average Bonchev–Trinajstić information content (AvgIpc) is 2.45. The summed E-state index contributed by atoms with van der Waals surface area (Å²) in [6, 6.07) is 0.349. The van der Waals surface area contributed by atoms with E-state index in [-0.39, 0.29) is 11.2 Å². The van der Waals surface area contributed by atoms with Gasteiger partial charge in [-0.3, -0.25) is 4.79 Å². The molecule has 0 bridgehead atoms. The van der Waals surface area contributed by atoms with Gasteiger partial charge in [0.1, 0.15) is 5.69 Å². The Morgan fingerprint density at radius 2 is 2.15 bits per heavy atom. The maximum absolute atomic E-state index is 11.3. The van der Waals surface area contributed by atoms with Gasteiger partial charge in [0, 0.05) is 19.2 Å². The van der Waals surface area contributed by atoms with E-state index < -0.39 is 0 Å². The quantitative estimate of drug-likeness (QED) is 0.562. The van der Waals surface area contributed by atoms with Crippen LogP contribution in [0.25, 0.3) is 0 Å². The first kappa shape index (κ1) is 14.8. The minimum atomic E-state index is -0.322. The first-order chi connectivity index (χ1) is 9.66. The molecule has 1 fully saturated rings. The molecule has 0 radical (unpaired) electrons. The Kier molecular flexibility index (Phi) is 5.37. The molecule has 7 heteroatoms. The highest BCUT2D eigenvalue weighted by Crippen LogP contribution is 2.19. The zero-order chi connectivity index (χ0) is 14.4. The summed E-state index contributed by atoms with van der Waals surface area (Å²) in [5.41, 5.74) is 11.3. The Morgan fingerprint density at radius 3 is 2.90 bits per heavy atom. The maximum atomic E-state index is 11.3. The van der Waals surface area contributed by atoms with Crippen molar-refractivity contribution in [2.75, 3.05) is 24.2 Å². The van der Waals surface area contributed by atoms with E-state index in [1.807, 2.05) is 0 Å². The molecule has 0 aromatic carbocycles. The Morgan fingerprint density at radius 1 is 1.40 bits per heavy atom. The number of ether oxygens (including phenoxy) is 1. The van der Waals surface area contributed by atoms with Crippen LogP contribution in [-0.4, -0.2) is 35.3 Å². The molecule has 0 unspecified atom stereocenters. The first-order valence-corrected chi connectivity index (χ1v) is 7.11. The van der Waals surface area contributed by atoms with Gasteiger partial charge in [-0.1, -0.05) is 0 Å². The molecule has 0 amide bonds. The Balaban J connectivity index is 1.62. The lowest BCUT2D eigenvalue weighted by atomic mass is 9.94. The van der Waals surface area contributed by atoms with Crippen molar-refractivity contribution in [1.29, 1.82) is 0 Å². The summed E-state index contributed by atoms with van der Waals surface area (Å²) in [5.74, 6) is 0.428. The van der Waals surface area contributed by atoms with E-state index in [9.17, 15) is 4.79 Å². The van der Waals surface area contributed by atoms with Crippen molar-refractivity contribution in [3.05, 3.63) is 16.7 Å². The standard InChI is InChI=1S/C13H23N5O2/c14-9-2-4-10(5-3-9)20-7-1-6-16-12-11(15)13(19)18-8-17-12/h8-10H,1-7,14-15H2,(H2,16,17,18,19). The van der Waals surface area contributed by atoms with Crippen molar-refractivity contribution < 1.29 is 4.74 Å². The van der Waals surface area contributed by atoms with Crippen LogP contribution in [0.4, 0.5) is 11.5 Å². The lowest BCUT2D eigenvalue weighted by Gasteiger charge is -2.26. The first-order valence-electron chi connectivity index (χ1n) is 7.11. The van der Waals surface area contributed by atoms with Crippen molar-refractivity contribution in [2.24, 2.45) is 5.73 Å². The maximum Gasteiger partial charge on any atom is 0.276 e. The van der Waals surface area contributed by atoms with Crippen LogP contribution in [0.15, 0.2) is 11.1 Å². The molecule has 0 saturated heterocycles. The van der Waals surface area contributed by atoms with Crippen LogP contribution in [0.3, 0.4) is 0 Å². The predicted molar refractivity (Wildman–Crippen MR) is 78.6 cm³/mol. The van der Waals surface area contributed by atoms with Crippen LogP contribution in [0.5, 0.6) is 0 Å². The highest BCUT2D eigenvalue weighted by atomic mass is 16.5. The van der Waals surface area contributed by atoms with Gasteiger partial charge in [0.2, 0.25) is 0 Å². The van der Waals surface area contributed by atoms with E-state index in [1.165, 1.54) is 6.33 Å². The number of hydrogen-bond donors (Lipinski definition) is 4. The third-order valence-electron chi connectivity index (χ3n) is 3.58. The molecule has 0 atom stereocenters. The number of rotatable bonds is 6. The number of nitrogens with one attached hydrogen (secondary N) is 2. The summed E-state index contributed by atoms with van der Waals surface area (Å²) < 4.78 is 5.81. The normalized spacial score (nSPS) is 22.6. The topological polar surface area (TPSA) is 119 Å². The van der Waals surface area contributed by atoms with Gasteiger partial charge in [0.05, 0.1) is 12.4 Å². The van der Waals surface area contributed by atoms with E-state index >= 15 is 0 Å². The van der Waals surface area contributed by atoms with Crippen LogP contribution in [-0.2, 0) is 4.74 Å². The number of hydrogen-bond acceptors (Lipinski definition) is 6. The van der Waals surface area contributed by atoms with Crippen LogP contribution in [0.2, 0.25) is 0 Å². The van der Waals surface area contributed by atoms with Crippen molar-refractivity contribution >= 4 is 11.5 Å². The second kappa shape index (κ2) is 7.25. The second-order valence-corrected chi connectivity index (χ2v) is 5.18. The summed E-state index contributed by atoms with van der Waals surface area (Å²) in [7, 11) is 0. The highest BCUT2D eigenvalue weighted by molar-refractivity contribution is 5.58. The zero-order valence-electron chi connectivity index (χ0n) is 11.6. The molecular formula is C13H23N5O2. The summed E-state index contributed by atoms with van der Waals surface area (Å²) in [4.78, 5) is 17.7. The zero-order valence-corrected chi connectivity index (χ0v) is 11.6. The Bertz CT molecular complexity index is 468. The summed E-state index contributed by atoms with van der Waals surface area (Å²) in [6.45, 7) is 1.36. The smallest absolute Gasteiger partial charge is 0.276 e. The van der Waals surface area contributed by atoms with Crippen molar-refractivity contribution in [3.8, 4) is 0 Å². The SMILES string of the molecule is Nc1c(NCCCOC2CCC(N)CC2)nc[nH]c1=O. The van der Waals surface area contributed by atoms with E-state index in [2.05, 4.69) is 15.3 Å². The average molecular weight is 281 g/mol. The molecular weight excluding hydrogens is 258 g/mol. The molecule has 112 valence electrons. The van der Waals surface area contributed by atoms with Gasteiger partial charge in [-0.25, -0.2) is 4.98 Å². The fourth-order valence-electron chi connectivity index (χ4n) is 2.34. The van der Waals surface area contributed by atoms with Gasteiger partial charge >= 0.3 is 0 Å². The monoisotopic (exact) mass is 281 g/mol. The van der Waals surface area contributed by atoms with Crippen molar-refractivity contribution in [3.63, 3.8) is 0 Å². The molecule has 1 aliphatic carbocycles. The predicted octanol–water partition coefficient (Wildman–Crippen LogP) is 0.441. The molecule has 0 aliphatic heterocycles. The second-order valence-electron chi connectivity index (χ2n) is 5.18. The molecule has 20 heavy (non-hydrogen) atoms.